The minimum absolute atomic E-state index is 0.297. The van der Waals surface area contributed by atoms with E-state index in [0.29, 0.717) is 19.3 Å². The first kappa shape index (κ1) is 12.4. The molecule has 14 heavy (non-hydrogen) atoms. The minimum atomic E-state index is -0.733. The summed E-state index contributed by atoms with van der Waals surface area (Å²) in [5.74, 6) is -1.32. The SMILES string of the molecule is COC(=O)C(CCCC#N)C[N+](=O)[O-]. The van der Waals surface area contributed by atoms with E-state index in [2.05, 4.69) is 4.74 Å². The van der Waals surface area contributed by atoms with Gasteiger partial charge in [-0.1, -0.05) is 0 Å². The Bertz CT molecular complexity index is 246. The van der Waals surface area contributed by atoms with Crippen molar-refractivity contribution >= 4 is 5.97 Å². The van der Waals surface area contributed by atoms with Gasteiger partial charge in [0.15, 0.2) is 0 Å². The van der Waals surface area contributed by atoms with Crippen LogP contribution in [-0.2, 0) is 9.53 Å². The predicted molar refractivity (Wildman–Crippen MR) is 46.8 cm³/mol. The normalized spacial score (nSPS) is 11.4. The first-order valence-corrected chi connectivity index (χ1v) is 4.18. The van der Waals surface area contributed by atoms with Crippen LogP contribution < -0.4 is 0 Å². The number of carbonyl (C=O) groups is 1. The predicted octanol–water partition coefficient (Wildman–Crippen LogP) is 0.746. The number of unbranched alkanes of at least 4 members (excludes halogenated alkanes) is 1. The molecule has 0 heterocycles. The Labute approximate surface area is 81.6 Å². The van der Waals surface area contributed by atoms with Crippen LogP contribution in [0.5, 0.6) is 0 Å². The summed E-state index contributed by atoms with van der Waals surface area (Å²) in [6, 6.07) is 1.91. The van der Waals surface area contributed by atoms with Crippen molar-refractivity contribution in [2.24, 2.45) is 5.92 Å². The summed E-state index contributed by atoms with van der Waals surface area (Å²) in [5.41, 5.74) is 0. The van der Waals surface area contributed by atoms with Gasteiger partial charge in [-0.05, 0) is 12.8 Å². The van der Waals surface area contributed by atoms with E-state index >= 15 is 0 Å². The van der Waals surface area contributed by atoms with Gasteiger partial charge < -0.3 is 4.74 Å². The molecule has 0 fully saturated rings. The molecular weight excluding hydrogens is 188 g/mol. The zero-order valence-corrected chi connectivity index (χ0v) is 7.93. The summed E-state index contributed by atoms with van der Waals surface area (Å²) in [6.45, 7) is -0.432. The Morgan fingerprint density at radius 3 is 2.79 bits per heavy atom. The van der Waals surface area contributed by atoms with Gasteiger partial charge in [0, 0.05) is 11.3 Å². The third-order valence-corrected chi connectivity index (χ3v) is 1.75. The average molecular weight is 200 g/mol. The van der Waals surface area contributed by atoms with Gasteiger partial charge in [-0.15, -0.1) is 0 Å². The lowest BCUT2D eigenvalue weighted by Gasteiger charge is -2.08. The average Bonchev–Trinajstić information content (AvgIpc) is 2.15. The highest BCUT2D eigenvalue weighted by atomic mass is 16.6. The number of nitriles is 1. The van der Waals surface area contributed by atoms with Crippen LogP contribution in [0.15, 0.2) is 0 Å². The van der Waals surface area contributed by atoms with Crippen LogP contribution in [0.1, 0.15) is 19.3 Å². The molecule has 0 spiro atoms. The number of rotatable bonds is 6. The van der Waals surface area contributed by atoms with Gasteiger partial charge in [-0.25, -0.2) is 0 Å². The fourth-order valence-electron chi connectivity index (χ4n) is 1.06. The second-order valence-electron chi connectivity index (χ2n) is 2.79. The number of esters is 1. The molecule has 0 saturated heterocycles. The molecule has 0 radical (unpaired) electrons. The summed E-state index contributed by atoms with van der Waals surface area (Å²) >= 11 is 0. The number of hydrogen-bond donors (Lipinski definition) is 0. The van der Waals surface area contributed by atoms with Crippen molar-refractivity contribution in [1.29, 1.82) is 5.26 Å². The molecule has 0 aromatic heterocycles. The second-order valence-corrected chi connectivity index (χ2v) is 2.79. The van der Waals surface area contributed by atoms with Crippen LogP contribution in [0.3, 0.4) is 0 Å². The number of nitrogens with zero attached hydrogens (tertiary/aromatic N) is 2. The number of hydrogen-bond acceptors (Lipinski definition) is 5. The maximum Gasteiger partial charge on any atom is 0.315 e. The Hall–Kier alpha value is -1.64. The van der Waals surface area contributed by atoms with Crippen molar-refractivity contribution in [2.75, 3.05) is 13.7 Å². The molecule has 0 aromatic carbocycles. The smallest absolute Gasteiger partial charge is 0.315 e. The highest BCUT2D eigenvalue weighted by Crippen LogP contribution is 2.10. The molecule has 1 atom stereocenters. The number of ether oxygens (including phenoxy) is 1. The Balaban J connectivity index is 4.05. The third kappa shape index (κ3) is 5.09. The maximum atomic E-state index is 11.0. The van der Waals surface area contributed by atoms with Crippen molar-refractivity contribution in [3.63, 3.8) is 0 Å². The molecule has 0 amide bonds. The molecule has 0 aliphatic carbocycles. The number of carbonyl (C=O) groups excluding carboxylic acids is 1. The number of methoxy groups -OCH3 is 1. The summed E-state index contributed by atoms with van der Waals surface area (Å²) in [7, 11) is 1.19. The largest absolute Gasteiger partial charge is 0.469 e. The molecular formula is C8H12N2O4. The van der Waals surface area contributed by atoms with Crippen LogP contribution in [0, 0.1) is 27.4 Å². The van der Waals surface area contributed by atoms with Gasteiger partial charge in [-0.2, -0.15) is 5.26 Å². The van der Waals surface area contributed by atoms with Gasteiger partial charge in [0.05, 0.1) is 13.2 Å². The quantitative estimate of drug-likeness (QED) is 0.273. The molecule has 0 aliphatic heterocycles. The molecule has 1 unspecified atom stereocenters. The second kappa shape index (κ2) is 6.83. The summed E-state index contributed by atoms with van der Waals surface area (Å²) < 4.78 is 4.42. The van der Waals surface area contributed by atoms with Gasteiger partial charge >= 0.3 is 5.97 Å². The first-order chi connectivity index (χ1) is 6.61. The van der Waals surface area contributed by atoms with Gasteiger partial charge in [0.25, 0.3) is 0 Å². The maximum absolute atomic E-state index is 11.0. The van der Waals surface area contributed by atoms with Crippen molar-refractivity contribution in [1.82, 2.24) is 0 Å². The Morgan fingerprint density at radius 1 is 1.71 bits per heavy atom. The van der Waals surface area contributed by atoms with Crippen LogP contribution in [0.25, 0.3) is 0 Å². The number of nitro groups is 1. The monoisotopic (exact) mass is 200 g/mol. The minimum Gasteiger partial charge on any atom is -0.469 e. The fraction of sp³-hybridized carbons (Fsp3) is 0.750. The molecule has 0 aromatic rings. The zero-order valence-electron chi connectivity index (χ0n) is 7.93. The van der Waals surface area contributed by atoms with Crippen molar-refractivity contribution < 1.29 is 14.5 Å². The van der Waals surface area contributed by atoms with E-state index < -0.39 is 23.4 Å². The van der Waals surface area contributed by atoms with E-state index in [-0.39, 0.29) is 0 Å². The first-order valence-electron chi connectivity index (χ1n) is 4.18. The molecule has 0 bridgehead atoms. The van der Waals surface area contributed by atoms with Crippen molar-refractivity contribution in [3.05, 3.63) is 10.1 Å². The van der Waals surface area contributed by atoms with E-state index in [9.17, 15) is 14.9 Å². The van der Waals surface area contributed by atoms with Gasteiger partial charge in [0.1, 0.15) is 5.92 Å². The van der Waals surface area contributed by atoms with E-state index in [0.717, 1.165) is 0 Å². The summed E-state index contributed by atoms with van der Waals surface area (Å²) in [5, 5.41) is 18.5. The molecule has 0 N–H and O–H groups in total. The van der Waals surface area contributed by atoms with E-state index in [1.54, 1.807) is 0 Å². The topological polar surface area (TPSA) is 93.2 Å². The van der Waals surface area contributed by atoms with Crippen LogP contribution in [0.4, 0.5) is 0 Å². The molecule has 0 aliphatic rings. The molecule has 6 heteroatoms. The lowest BCUT2D eigenvalue weighted by atomic mass is 10.0. The Morgan fingerprint density at radius 2 is 2.36 bits per heavy atom. The molecule has 6 nitrogen and oxygen atoms in total. The highest BCUT2D eigenvalue weighted by Gasteiger charge is 2.24. The zero-order chi connectivity index (χ0) is 11.0. The fourth-order valence-corrected chi connectivity index (χ4v) is 1.06. The summed E-state index contributed by atoms with van der Waals surface area (Å²) in [6.07, 6.45) is 1.09. The van der Waals surface area contributed by atoms with Crippen molar-refractivity contribution in [2.45, 2.75) is 19.3 Å². The van der Waals surface area contributed by atoms with Gasteiger partial charge in [0.2, 0.25) is 6.54 Å². The van der Waals surface area contributed by atoms with E-state index in [1.165, 1.54) is 7.11 Å². The third-order valence-electron chi connectivity index (χ3n) is 1.75. The van der Waals surface area contributed by atoms with E-state index in [1.807, 2.05) is 6.07 Å². The van der Waals surface area contributed by atoms with Gasteiger partial charge in [-0.3, -0.25) is 14.9 Å². The molecule has 78 valence electrons. The molecule has 0 rings (SSSR count). The summed E-state index contributed by atoms with van der Waals surface area (Å²) in [4.78, 5) is 20.7. The van der Waals surface area contributed by atoms with Crippen LogP contribution >= 0.6 is 0 Å². The van der Waals surface area contributed by atoms with E-state index in [4.69, 9.17) is 5.26 Å². The molecule has 0 saturated carbocycles. The van der Waals surface area contributed by atoms with Crippen LogP contribution in [-0.4, -0.2) is 24.5 Å². The highest BCUT2D eigenvalue weighted by molar-refractivity contribution is 5.72. The van der Waals surface area contributed by atoms with Crippen LogP contribution in [0.2, 0.25) is 0 Å². The standard InChI is InChI=1S/C8H12N2O4/c1-14-8(11)7(6-10(12)13)4-2-3-5-9/h7H,2-4,6H2,1H3. The van der Waals surface area contributed by atoms with Crippen molar-refractivity contribution in [3.8, 4) is 6.07 Å². The lowest BCUT2D eigenvalue weighted by molar-refractivity contribution is -0.486. The Kier molecular flexibility index (Phi) is 6.03. The lowest BCUT2D eigenvalue weighted by Crippen LogP contribution is -2.24.